The Morgan fingerprint density at radius 3 is 1.90 bits per heavy atom. The zero-order chi connectivity index (χ0) is 33.9. The van der Waals surface area contributed by atoms with Crippen LogP contribution in [0.15, 0.2) is 176 Å². The van der Waals surface area contributed by atoms with Crippen molar-refractivity contribution in [3.05, 3.63) is 193 Å². The lowest BCUT2D eigenvalue weighted by atomic mass is 9.72. The van der Waals surface area contributed by atoms with Gasteiger partial charge < -0.3 is 0 Å². The van der Waals surface area contributed by atoms with E-state index in [9.17, 15) is 0 Å². The van der Waals surface area contributed by atoms with Gasteiger partial charge in [0.2, 0.25) is 0 Å². The van der Waals surface area contributed by atoms with Gasteiger partial charge in [-0.05, 0) is 58.0 Å². The molecule has 1 aliphatic rings. The maximum absolute atomic E-state index is 5.31. The van der Waals surface area contributed by atoms with Crippen molar-refractivity contribution >= 4 is 31.5 Å². The third-order valence-corrected chi connectivity index (χ3v) is 11.8. The summed E-state index contributed by atoms with van der Waals surface area (Å²) >= 11 is 1.87. The fourth-order valence-corrected chi connectivity index (χ4v) is 9.37. The molecule has 2 nitrogen and oxygen atoms in total. The first-order chi connectivity index (χ1) is 25.2. The van der Waals surface area contributed by atoms with Gasteiger partial charge in [-0.15, -0.1) is 11.3 Å². The summed E-state index contributed by atoms with van der Waals surface area (Å²) in [5.74, 6) is 0.719. The van der Waals surface area contributed by atoms with E-state index >= 15 is 0 Å². The SMILES string of the molecule is CC1(c2ccccc2)c2ccccc2-c2cccc(-c3cc(-c4ccc(-c5cccc6c5sc5ccccc56)cc4)nc(-c4ccccc4)n3)c21. The van der Waals surface area contributed by atoms with Crippen LogP contribution in [0.25, 0.3) is 76.3 Å². The van der Waals surface area contributed by atoms with Crippen molar-refractivity contribution in [2.45, 2.75) is 12.3 Å². The number of aromatic nitrogens is 2. The molecule has 1 atom stereocenters. The largest absolute Gasteiger partial charge is 0.228 e. The highest BCUT2D eigenvalue weighted by molar-refractivity contribution is 7.26. The number of thiophene rings is 1. The van der Waals surface area contributed by atoms with Gasteiger partial charge in [0.15, 0.2) is 5.82 Å². The van der Waals surface area contributed by atoms with Crippen molar-refractivity contribution in [2.75, 3.05) is 0 Å². The summed E-state index contributed by atoms with van der Waals surface area (Å²) < 4.78 is 2.64. The van der Waals surface area contributed by atoms with Crippen LogP contribution in [0.1, 0.15) is 23.6 Å². The van der Waals surface area contributed by atoms with Crippen LogP contribution in [-0.4, -0.2) is 9.97 Å². The Morgan fingerprint density at radius 2 is 1.06 bits per heavy atom. The van der Waals surface area contributed by atoms with Gasteiger partial charge in [-0.3, -0.25) is 0 Å². The minimum atomic E-state index is -0.350. The second-order valence-electron chi connectivity index (χ2n) is 13.5. The summed E-state index contributed by atoms with van der Waals surface area (Å²) in [6.07, 6.45) is 0. The van der Waals surface area contributed by atoms with Gasteiger partial charge in [0.05, 0.1) is 11.4 Å². The summed E-state index contributed by atoms with van der Waals surface area (Å²) in [7, 11) is 0. The molecule has 0 N–H and O–H groups in total. The fraction of sp³-hybridized carbons (Fsp3) is 0.0417. The highest BCUT2D eigenvalue weighted by Crippen LogP contribution is 2.55. The number of hydrogen-bond donors (Lipinski definition) is 0. The Labute approximate surface area is 301 Å². The fourth-order valence-electron chi connectivity index (χ4n) is 8.13. The van der Waals surface area contributed by atoms with Crippen molar-refractivity contribution in [3.8, 4) is 56.2 Å². The highest BCUT2D eigenvalue weighted by atomic mass is 32.1. The third-order valence-electron chi connectivity index (χ3n) is 10.6. The predicted molar refractivity (Wildman–Crippen MR) is 214 cm³/mol. The highest BCUT2D eigenvalue weighted by Gasteiger charge is 2.42. The average Bonchev–Trinajstić information content (AvgIpc) is 3.72. The van der Waals surface area contributed by atoms with Gasteiger partial charge in [0, 0.05) is 42.3 Å². The lowest BCUT2D eigenvalue weighted by molar-refractivity contribution is 0.715. The Bertz CT molecular complexity index is 2750. The molecular formula is C48H32N2S. The van der Waals surface area contributed by atoms with Crippen LogP contribution in [0.5, 0.6) is 0 Å². The molecule has 0 bridgehead atoms. The molecule has 0 aliphatic heterocycles. The molecule has 240 valence electrons. The zero-order valence-electron chi connectivity index (χ0n) is 28.0. The summed E-state index contributed by atoms with van der Waals surface area (Å²) in [4.78, 5) is 10.5. The first-order valence-electron chi connectivity index (χ1n) is 17.4. The maximum atomic E-state index is 5.31. The lowest BCUT2D eigenvalue weighted by Crippen LogP contribution is -2.23. The Kier molecular flexibility index (Phi) is 6.83. The van der Waals surface area contributed by atoms with Crippen LogP contribution in [0, 0.1) is 0 Å². The molecule has 2 aromatic heterocycles. The van der Waals surface area contributed by atoms with Crippen molar-refractivity contribution < 1.29 is 0 Å². The summed E-state index contributed by atoms with van der Waals surface area (Å²) in [6, 6.07) is 63.2. The maximum Gasteiger partial charge on any atom is 0.160 e. The molecule has 1 aliphatic carbocycles. The van der Waals surface area contributed by atoms with Crippen LogP contribution in [0.2, 0.25) is 0 Å². The molecule has 0 spiro atoms. The number of fused-ring (bicyclic) bond motifs is 6. The third kappa shape index (κ3) is 4.70. The molecule has 51 heavy (non-hydrogen) atoms. The molecule has 7 aromatic carbocycles. The van der Waals surface area contributed by atoms with Crippen LogP contribution < -0.4 is 0 Å². The molecule has 0 fully saturated rings. The van der Waals surface area contributed by atoms with Crippen LogP contribution in [-0.2, 0) is 5.41 Å². The minimum absolute atomic E-state index is 0.350. The second-order valence-corrected chi connectivity index (χ2v) is 14.5. The molecule has 2 heterocycles. The van der Waals surface area contributed by atoms with Gasteiger partial charge in [0.25, 0.3) is 0 Å². The van der Waals surface area contributed by atoms with Gasteiger partial charge in [-0.25, -0.2) is 9.97 Å². The smallest absolute Gasteiger partial charge is 0.160 e. The number of nitrogens with zero attached hydrogens (tertiary/aromatic N) is 2. The van der Waals surface area contributed by atoms with Gasteiger partial charge in [0.1, 0.15) is 0 Å². The van der Waals surface area contributed by atoms with E-state index in [2.05, 4.69) is 177 Å². The Morgan fingerprint density at radius 1 is 0.451 bits per heavy atom. The van der Waals surface area contributed by atoms with E-state index in [0.717, 1.165) is 33.9 Å². The first kappa shape index (κ1) is 29.7. The van der Waals surface area contributed by atoms with E-state index in [-0.39, 0.29) is 5.41 Å². The molecule has 1 unspecified atom stereocenters. The first-order valence-corrected chi connectivity index (χ1v) is 18.2. The normalized spacial score (nSPS) is 14.8. The van der Waals surface area contributed by atoms with Gasteiger partial charge in [-0.2, -0.15) is 0 Å². The number of hydrogen-bond acceptors (Lipinski definition) is 3. The average molecular weight is 669 g/mol. The van der Waals surface area contributed by atoms with Crippen LogP contribution in [0.4, 0.5) is 0 Å². The van der Waals surface area contributed by atoms with E-state index in [1.54, 1.807) is 0 Å². The molecule has 10 rings (SSSR count). The zero-order valence-corrected chi connectivity index (χ0v) is 28.9. The standard InChI is InChI=1S/C48H32N2S/c1-48(34-16-6-3-7-17-34)41-24-10-8-18-36(41)38-21-13-23-40(45(38)48)43-30-42(49-47(50-43)33-14-4-2-5-15-33)32-28-26-31(27-29-32)35-20-12-22-39-37-19-9-11-25-44(37)51-46(35)39/h2-30H,1H3. The van der Waals surface area contributed by atoms with E-state index < -0.39 is 0 Å². The Balaban J connectivity index is 1.15. The van der Waals surface area contributed by atoms with Gasteiger partial charge >= 0.3 is 0 Å². The van der Waals surface area contributed by atoms with Crippen LogP contribution >= 0.6 is 11.3 Å². The number of benzene rings is 7. The van der Waals surface area contributed by atoms with E-state index in [0.29, 0.717) is 0 Å². The van der Waals surface area contributed by atoms with Crippen LogP contribution in [0.3, 0.4) is 0 Å². The van der Waals surface area contributed by atoms with E-state index in [1.165, 1.54) is 59.1 Å². The summed E-state index contributed by atoms with van der Waals surface area (Å²) in [5.41, 5.74) is 13.5. The molecule has 0 saturated carbocycles. The molecule has 9 aromatic rings. The quantitative estimate of drug-likeness (QED) is 0.182. The van der Waals surface area contributed by atoms with Crippen molar-refractivity contribution in [1.82, 2.24) is 9.97 Å². The summed E-state index contributed by atoms with van der Waals surface area (Å²) in [6.45, 7) is 2.37. The summed E-state index contributed by atoms with van der Waals surface area (Å²) in [5, 5.41) is 2.63. The van der Waals surface area contributed by atoms with E-state index in [4.69, 9.17) is 9.97 Å². The predicted octanol–water partition coefficient (Wildman–Crippen LogP) is 12.8. The van der Waals surface area contributed by atoms with Gasteiger partial charge in [-0.1, -0.05) is 164 Å². The monoisotopic (exact) mass is 668 g/mol. The van der Waals surface area contributed by atoms with Crippen molar-refractivity contribution in [1.29, 1.82) is 0 Å². The minimum Gasteiger partial charge on any atom is -0.228 e. The molecular weight excluding hydrogens is 637 g/mol. The molecule has 0 radical (unpaired) electrons. The second kappa shape index (κ2) is 11.7. The molecule has 0 saturated heterocycles. The lowest BCUT2D eigenvalue weighted by Gasteiger charge is -2.30. The van der Waals surface area contributed by atoms with Crippen molar-refractivity contribution in [2.24, 2.45) is 0 Å². The van der Waals surface area contributed by atoms with Crippen molar-refractivity contribution in [3.63, 3.8) is 0 Å². The Hall–Kier alpha value is -6.16. The number of rotatable bonds is 5. The molecule has 3 heteroatoms. The van der Waals surface area contributed by atoms with E-state index in [1.807, 2.05) is 17.4 Å². The molecule has 0 amide bonds. The topological polar surface area (TPSA) is 25.8 Å².